The predicted molar refractivity (Wildman–Crippen MR) is 138 cm³/mol. The number of hydrogen-bond donors (Lipinski definition) is 3. The summed E-state index contributed by atoms with van der Waals surface area (Å²) < 4.78 is 41.6. The Morgan fingerprint density at radius 2 is 1.95 bits per heavy atom. The topological polar surface area (TPSA) is 138 Å². The molecule has 1 saturated heterocycles. The van der Waals surface area contributed by atoms with Crippen LogP contribution in [0, 0.1) is 17.6 Å². The molecule has 4 aliphatic rings. The number of fused-ring (bicyclic) bond motifs is 3. The molecular formula is C26H28F2N8O4. The summed E-state index contributed by atoms with van der Waals surface area (Å²) in [5, 5.41) is 6.08. The number of H-pyrrole nitrogens is 1. The number of amides is 2. The van der Waals surface area contributed by atoms with Crippen molar-refractivity contribution in [2.24, 2.45) is 5.92 Å². The minimum Gasteiger partial charge on any atom is -0.465 e. The Morgan fingerprint density at radius 3 is 2.73 bits per heavy atom. The van der Waals surface area contributed by atoms with Gasteiger partial charge < -0.3 is 30.0 Å². The van der Waals surface area contributed by atoms with E-state index in [1.54, 1.807) is 0 Å². The molecule has 2 aliphatic heterocycles. The third-order valence-corrected chi connectivity index (χ3v) is 8.03. The van der Waals surface area contributed by atoms with Crippen molar-refractivity contribution in [3.8, 4) is 5.88 Å². The van der Waals surface area contributed by atoms with E-state index in [0.29, 0.717) is 62.3 Å². The molecule has 14 heteroatoms. The fourth-order valence-corrected chi connectivity index (χ4v) is 6.21. The van der Waals surface area contributed by atoms with Crippen LogP contribution in [0.3, 0.4) is 0 Å². The van der Waals surface area contributed by atoms with Crippen LogP contribution in [0.25, 0.3) is 11.0 Å². The summed E-state index contributed by atoms with van der Waals surface area (Å²) in [6.07, 6.45) is 3.00. The second-order valence-electron chi connectivity index (χ2n) is 11.4. The van der Waals surface area contributed by atoms with Gasteiger partial charge in [0, 0.05) is 18.9 Å². The van der Waals surface area contributed by atoms with Gasteiger partial charge in [0.2, 0.25) is 0 Å². The highest BCUT2D eigenvalue weighted by Gasteiger charge is 2.55. The first-order chi connectivity index (χ1) is 19.2. The van der Waals surface area contributed by atoms with Crippen molar-refractivity contribution < 1.29 is 27.8 Å². The smallest absolute Gasteiger partial charge is 0.416 e. The molecule has 2 amide bonds. The Balaban J connectivity index is 0.963. The van der Waals surface area contributed by atoms with E-state index < -0.39 is 23.3 Å². The number of carbonyl (C=O) groups is 2. The second-order valence-corrected chi connectivity index (χ2v) is 11.4. The summed E-state index contributed by atoms with van der Waals surface area (Å²) in [6.45, 7) is 1.24. The molecule has 1 aromatic carbocycles. The number of carbonyl (C=O) groups excluding carboxylic acids is 2. The van der Waals surface area contributed by atoms with Gasteiger partial charge in [0.25, 0.3) is 11.8 Å². The van der Waals surface area contributed by atoms with Gasteiger partial charge in [-0.2, -0.15) is 0 Å². The third kappa shape index (κ3) is 4.13. The van der Waals surface area contributed by atoms with Crippen LogP contribution >= 0.6 is 0 Å². The van der Waals surface area contributed by atoms with Crippen molar-refractivity contribution in [1.29, 1.82) is 0 Å². The first-order valence-electron chi connectivity index (χ1n) is 13.2. The van der Waals surface area contributed by atoms with E-state index in [-0.39, 0.29) is 53.0 Å². The van der Waals surface area contributed by atoms with E-state index in [0.717, 1.165) is 0 Å². The highest BCUT2D eigenvalue weighted by molar-refractivity contribution is 5.95. The molecule has 210 valence electrons. The van der Waals surface area contributed by atoms with Gasteiger partial charge in [-0.15, -0.1) is 0 Å². The zero-order chi connectivity index (χ0) is 27.8. The zero-order valence-corrected chi connectivity index (χ0v) is 22.0. The number of nitrogens with zero attached hydrogens (tertiary/aromatic N) is 5. The number of rotatable bonds is 6. The minimum absolute atomic E-state index is 0.0501. The molecule has 1 saturated carbocycles. The van der Waals surface area contributed by atoms with Gasteiger partial charge in [-0.3, -0.25) is 9.69 Å². The molecule has 4 heterocycles. The summed E-state index contributed by atoms with van der Waals surface area (Å²) in [4.78, 5) is 43.3. The lowest BCUT2D eigenvalue weighted by Gasteiger charge is -2.43. The van der Waals surface area contributed by atoms with Crippen LogP contribution in [-0.4, -0.2) is 82.3 Å². The first kappa shape index (κ1) is 25.1. The van der Waals surface area contributed by atoms with Crippen LogP contribution in [0.5, 0.6) is 5.88 Å². The Morgan fingerprint density at radius 1 is 1.18 bits per heavy atom. The lowest BCUT2D eigenvalue weighted by molar-refractivity contribution is -0.118. The Labute approximate surface area is 227 Å². The van der Waals surface area contributed by atoms with E-state index in [1.165, 1.54) is 11.1 Å². The Kier molecular flexibility index (Phi) is 5.68. The molecule has 12 nitrogen and oxygen atoms in total. The molecule has 0 bridgehead atoms. The first-order valence-corrected chi connectivity index (χ1v) is 13.2. The molecular weight excluding hydrogens is 526 g/mol. The molecule has 0 radical (unpaired) electrons. The number of imidazole rings is 1. The van der Waals surface area contributed by atoms with Crippen LogP contribution in [0.2, 0.25) is 0 Å². The maximum atomic E-state index is 15.3. The van der Waals surface area contributed by atoms with Crippen molar-refractivity contribution >= 4 is 34.7 Å². The average Bonchev–Trinajstić information content (AvgIpc) is 3.60. The van der Waals surface area contributed by atoms with Gasteiger partial charge in [0.15, 0.2) is 29.9 Å². The highest BCUT2D eigenvalue weighted by atomic mass is 19.1. The van der Waals surface area contributed by atoms with Crippen LogP contribution in [0.15, 0.2) is 6.20 Å². The molecule has 1 unspecified atom stereocenters. The fourth-order valence-electron chi connectivity index (χ4n) is 6.21. The van der Waals surface area contributed by atoms with Crippen molar-refractivity contribution in [2.45, 2.75) is 43.9 Å². The molecule has 3 N–H and O–H groups in total. The maximum absolute atomic E-state index is 15.3. The zero-order valence-electron chi connectivity index (χ0n) is 22.0. The van der Waals surface area contributed by atoms with Crippen molar-refractivity contribution in [3.63, 3.8) is 0 Å². The summed E-state index contributed by atoms with van der Waals surface area (Å²) in [6, 6.07) is 0.110. The lowest BCUT2D eigenvalue weighted by atomic mass is 9.75. The van der Waals surface area contributed by atoms with E-state index in [9.17, 15) is 9.59 Å². The number of aromatic amines is 1. The standard InChI is InChI=1S/C26H28F2N8O4/c1-35(2)9-16-31-21-19(27)14-3-12(4-15(14)20(28)22(21)32-16)7-29-13-5-26(6-13)11-36(25(38)40-26)17-8-30-24-23(33-17)34-18(37)10-39-24/h8,12-13,29H,3-7,9-11H2,1-2H3,(H,31,32)(H,33,34,37). The van der Waals surface area contributed by atoms with E-state index in [1.807, 2.05) is 19.0 Å². The van der Waals surface area contributed by atoms with Gasteiger partial charge in [0.05, 0.1) is 19.3 Å². The number of benzene rings is 1. The van der Waals surface area contributed by atoms with Gasteiger partial charge in [-0.05, 0) is 50.5 Å². The molecule has 2 aromatic heterocycles. The number of nitrogens with one attached hydrogen (secondary N) is 3. The number of ether oxygens (including phenoxy) is 2. The van der Waals surface area contributed by atoms with Gasteiger partial charge in [-0.1, -0.05) is 0 Å². The number of halogens is 2. The molecule has 1 atom stereocenters. The summed E-state index contributed by atoms with van der Waals surface area (Å²) in [7, 11) is 3.74. The molecule has 40 heavy (non-hydrogen) atoms. The number of aromatic nitrogens is 4. The molecule has 2 aliphatic carbocycles. The number of anilines is 2. The summed E-state index contributed by atoms with van der Waals surface area (Å²) >= 11 is 0. The molecule has 7 rings (SSSR count). The van der Waals surface area contributed by atoms with Gasteiger partial charge in [0.1, 0.15) is 22.5 Å². The maximum Gasteiger partial charge on any atom is 0.416 e. The lowest BCUT2D eigenvalue weighted by Crippen LogP contribution is -2.56. The van der Waals surface area contributed by atoms with Crippen LogP contribution in [0.1, 0.15) is 29.8 Å². The van der Waals surface area contributed by atoms with Gasteiger partial charge in [-0.25, -0.2) is 28.5 Å². The van der Waals surface area contributed by atoms with Gasteiger partial charge >= 0.3 is 6.09 Å². The molecule has 3 aromatic rings. The van der Waals surface area contributed by atoms with Crippen molar-refractivity contribution in [1.82, 2.24) is 30.2 Å². The van der Waals surface area contributed by atoms with Crippen molar-refractivity contribution in [3.05, 3.63) is 34.8 Å². The van der Waals surface area contributed by atoms with Crippen molar-refractivity contribution in [2.75, 3.05) is 44.0 Å². The summed E-state index contributed by atoms with van der Waals surface area (Å²) in [5.74, 6) is 0.0357. The predicted octanol–water partition coefficient (Wildman–Crippen LogP) is 1.89. The van der Waals surface area contributed by atoms with Crippen LogP contribution < -0.4 is 20.3 Å². The Hall–Kier alpha value is -3.91. The van der Waals surface area contributed by atoms with Crippen LogP contribution in [0.4, 0.5) is 25.2 Å². The second kappa shape index (κ2) is 9.06. The van der Waals surface area contributed by atoms with E-state index >= 15 is 8.78 Å². The largest absolute Gasteiger partial charge is 0.465 e. The van der Waals surface area contributed by atoms with E-state index in [4.69, 9.17) is 9.47 Å². The minimum atomic E-state index is -0.641. The highest BCUT2D eigenvalue weighted by Crippen LogP contribution is 2.43. The average molecular weight is 555 g/mol. The summed E-state index contributed by atoms with van der Waals surface area (Å²) in [5.41, 5.74) is 0.396. The SMILES string of the molecule is CN(C)Cc1nc2c(F)c3c(c(F)c2[nH]1)CC(CNC1CC2(C1)CN(c1cnc4c(n1)NC(=O)CO4)C(=O)O2)C3. The third-order valence-electron chi connectivity index (χ3n) is 8.03. The fraction of sp³-hybridized carbons (Fsp3) is 0.500. The van der Waals surface area contributed by atoms with Crippen LogP contribution in [-0.2, 0) is 28.9 Å². The quantitative estimate of drug-likeness (QED) is 0.417. The normalized spacial score (nSPS) is 23.8. The van der Waals surface area contributed by atoms with E-state index in [2.05, 4.69) is 30.6 Å². The molecule has 1 spiro atoms. The number of hydrogen-bond acceptors (Lipinski definition) is 9. The molecule has 2 fully saturated rings. The monoisotopic (exact) mass is 554 g/mol. The Bertz CT molecular complexity index is 1500.